The molecule has 0 amide bonds. The van der Waals surface area contributed by atoms with Crippen molar-refractivity contribution in [3.8, 4) is 0 Å². The maximum Gasteiger partial charge on any atom is 0.500 e. The third-order valence-corrected chi connectivity index (χ3v) is 7.16. The molecule has 23 heavy (non-hydrogen) atoms. The molecule has 0 rings (SSSR count). The van der Waals surface area contributed by atoms with Crippen LogP contribution >= 0.6 is 0 Å². The molecule has 0 atom stereocenters. The lowest BCUT2D eigenvalue weighted by molar-refractivity contribution is 0.0955. The van der Waals surface area contributed by atoms with E-state index in [1.807, 2.05) is 0 Å². The summed E-state index contributed by atoms with van der Waals surface area (Å²) in [5, 5.41) is 0. The molecule has 0 aliphatic carbocycles. The average Bonchev–Trinajstić information content (AvgIpc) is 2.58. The van der Waals surface area contributed by atoms with Gasteiger partial charge >= 0.3 is 8.80 Å². The molecule has 0 fully saturated rings. The molecule has 0 aromatic carbocycles. The molecule has 0 saturated carbocycles. The summed E-state index contributed by atoms with van der Waals surface area (Å²) in [7, 11) is 0.888. The van der Waals surface area contributed by atoms with Crippen molar-refractivity contribution in [3.05, 3.63) is 0 Å². The zero-order valence-electron chi connectivity index (χ0n) is 15.7. The van der Waals surface area contributed by atoms with E-state index in [2.05, 4.69) is 6.92 Å². The first-order valence-electron chi connectivity index (χ1n) is 9.55. The van der Waals surface area contributed by atoms with Gasteiger partial charge < -0.3 is 13.3 Å². The van der Waals surface area contributed by atoms with E-state index in [1.165, 1.54) is 44.9 Å². The summed E-state index contributed by atoms with van der Waals surface area (Å²) < 4.78 is 29.2. The van der Waals surface area contributed by atoms with E-state index < -0.39 is 8.80 Å². The van der Waals surface area contributed by atoms with Crippen LogP contribution < -0.4 is 0 Å². The fourth-order valence-electron chi connectivity index (χ4n) is 2.73. The van der Waals surface area contributed by atoms with Gasteiger partial charge in [0, 0.05) is 26.9 Å². The first-order chi connectivity index (χ1) is 11.2. The predicted octanol–water partition coefficient (Wildman–Crippen LogP) is 5.91. The summed E-state index contributed by atoms with van der Waals surface area (Å²) in [6, 6.07) is 0.837. The molecule has 0 radical (unpaired) electrons. The maximum atomic E-state index is 12.1. The van der Waals surface area contributed by atoms with E-state index in [0.29, 0.717) is 6.42 Å². The van der Waals surface area contributed by atoms with Crippen LogP contribution in [0.4, 0.5) is 4.39 Å². The molecule has 0 unspecified atom stereocenters. The van der Waals surface area contributed by atoms with Crippen molar-refractivity contribution in [1.82, 2.24) is 0 Å². The van der Waals surface area contributed by atoms with E-state index in [1.54, 1.807) is 14.2 Å². The molecule has 0 aromatic rings. The smallest absolute Gasteiger partial charge is 0.377 e. The highest BCUT2D eigenvalue weighted by Crippen LogP contribution is 2.19. The van der Waals surface area contributed by atoms with E-state index in [9.17, 15) is 4.39 Å². The van der Waals surface area contributed by atoms with Crippen molar-refractivity contribution in [2.75, 3.05) is 27.5 Å². The molecule has 0 heterocycles. The topological polar surface area (TPSA) is 27.7 Å². The van der Waals surface area contributed by atoms with Crippen molar-refractivity contribution < 1.29 is 17.7 Å². The highest BCUT2D eigenvalue weighted by molar-refractivity contribution is 6.60. The van der Waals surface area contributed by atoms with Gasteiger partial charge in [0.05, 0.1) is 6.67 Å². The van der Waals surface area contributed by atoms with Gasteiger partial charge in [0.2, 0.25) is 0 Å². The number of halogens is 1. The number of alkyl halides is 1. The zero-order valence-corrected chi connectivity index (χ0v) is 16.7. The Bertz CT molecular complexity index is 238. The molecule has 5 heteroatoms. The second kappa shape index (κ2) is 16.9. The monoisotopic (exact) mass is 350 g/mol. The Morgan fingerprint density at radius 3 is 1.78 bits per heavy atom. The Morgan fingerprint density at radius 2 is 1.22 bits per heavy atom. The van der Waals surface area contributed by atoms with E-state index in [0.717, 1.165) is 38.3 Å². The van der Waals surface area contributed by atoms with Crippen LogP contribution in [0.15, 0.2) is 0 Å². The van der Waals surface area contributed by atoms with E-state index in [4.69, 9.17) is 13.3 Å². The molecule has 0 aromatic heterocycles. The van der Waals surface area contributed by atoms with Crippen LogP contribution in [0.25, 0.3) is 0 Å². The van der Waals surface area contributed by atoms with Gasteiger partial charge in [0.25, 0.3) is 0 Å². The Morgan fingerprint density at radius 1 is 0.696 bits per heavy atom. The minimum Gasteiger partial charge on any atom is -0.377 e. The highest BCUT2D eigenvalue weighted by atomic mass is 28.4. The van der Waals surface area contributed by atoms with Crippen molar-refractivity contribution in [2.24, 2.45) is 0 Å². The lowest BCUT2D eigenvalue weighted by Gasteiger charge is -2.26. The van der Waals surface area contributed by atoms with Gasteiger partial charge in [0.15, 0.2) is 0 Å². The summed E-state index contributed by atoms with van der Waals surface area (Å²) in [6.07, 6.45) is 14.0. The minimum absolute atomic E-state index is 0.216. The summed E-state index contributed by atoms with van der Waals surface area (Å²) in [6.45, 7) is 2.76. The zero-order chi connectivity index (χ0) is 17.2. The first kappa shape index (κ1) is 23.0. The number of hydrogen-bond acceptors (Lipinski definition) is 3. The van der Waals surface area contributed by atoms with Crippen LogP contribution in [0.5, 0.6) is 0 Å². The quantitative estimate of drug-likeness (QED) is 0.227. The van der Waals surface area contributed by atoms with Crippen molar-refractivity contribution >= 4 is 8.80 Å². The standard InChI is InChI=1S/C18H39FO3Si/c1-4-5-6-7-8-9-11-14-17-22-23(20-2,21-3)18-15-12-10-13-16-19/h4-18H2,1-3H3. The lowest BCUT2D eigenvalue weighted by atomic mass is 10.1. The molecule has 140 valence electrons. The van der Waals surface area contributed by atoms with Gasteiger partial charge in [0.1, 0.15) is 0 Å². The highest BCUT2D eigenvalue weighted by Gasteiger charge is 2.37. The van der Waals surface area contributed by atoms with Gasteiger partial charge in [-0.3, -0.25) is 4.39 Å². The Labute approximate surface area is 144 Å². The third-order valence-electron chi connectivity index (χ3n) is 4.31. The number of hydrogen-bond donors (Lipinski definition) is 0. The lowest BCUT2D eigenvalue weighted by Crippen LogP contribution is -2.44. The summed E-state index contributed by atoms with van der Waals surface area (Å²) in [4.78, 5) is 0. The van der Waals surface area contributed by atoms with Crippen molar-refractivity contribution in [3.63, 3.8) is 0 Å². The molecule has 0 aliphatic rings. The van der Waals surface area contributed by atoms with Gasteiger partial charge in [-0.05, 0) is 19.3 Å². The van der Waals surface area contributed by atoms with Crippen LogP contribution in [0.2, 0.25) is 6.04 Å². The van der Waals surface area contributed by atoms with Gasteiger partial charge in [-0.15, -0.1) is 0 Å². The normalized spacial score (nSPS) is 12.0. The largest absolute Gasteiger partial charge is 0.500 e. The molecule has 0 spiro atoms. The van der Waals surface area contributed by atoms with E-state index in [-0.39, 0.29) is 6.67 Å². The Hall–Kier alpha value is 0.0269. The van der Waals surface area contributed by atoms with Crippen LogP contribution in [0, 0.1) is 0 Å². The molecular formula is C18H39FO3Si. The Kier molecular flexibility index (Phi) is 16.9. The minimum atomic E-state index is -2.48. The fraction of sp³-hybridized carbons (Fsp3) is 1.00. The predicted molar refractivity (Wildman–Crippen MR) is 97.6 cm³/mol. The summed E-state index contributed by atoms with van der Waals surface area (Å²) >= 11 is 0. The molecule has 0 aliphatic heterocycles. The molecule has 0 bridgehead atoms. The summed E-state index contributed by atoms with van der Waals surface area (Å²) in [5.74, 6) is 0. The fourth-order valence-corrected chi connectivity index (χ4v) is 4.82. The average molecular weight is 351 g/mol. The second-order valence-electron chi connectivity index (χ2n) is 6.27. The van der Waals surface area contributed by atoms with Crippen molar-refractivity contribution in [1.29, 1.82) is 0 Å². The van der Waals surface area contributed by atoms with E-state index >= 15 is 0 Å². The van der Waals surface area contributed by atoms with Gasteiger partial charge in [-0.1, -0.05) is 64.7 Å². The van der Waals surface area contributed by atoms with Crippen LogP contribution in [-0.4, -0.2) is 36.3 Å². The van der Waals surface area contributed by atoms with Crippen molar-refractivity contribution in [2.45, 2.75) is 90.0 Å². The number of unbranched alkanes of at least 4 members (excludes halogenated alkanes) is 10. The summed E-state index contributed by atoms with van der Waals surface area (Å²) in [5.41, 5.74) is 0. The molecule has 0 N–H and O–H groups in total. The first-order valence-corrected chi connectivity index (χ1v) is 11.5. The molecule has 0 saturated heterocycles. The van der Waals surface area contributed by atoms with Crippen LogP contribution in [0.3, 0.4) is 0 Å². The second-order valence-corrected chi connectivity index (χ2v) is 9.24. The van der Waals surface area contributed by atoms with Gasteiger partial charge in [-0.2, -0.15) is 0 Å². The van der Waals surface area contributed by atoms with Crippen LogP contribution in [-0.2, 0) is 13.3 Å². The van der Waals surface area contributed by atoms with Crippen LogP contribution in [0.1, 0.15) is 84.0 Å². The SMILES string of the molecule is CCCCCCCCCCO[Si](CCCCCCF)(OC)OC. The molecular weight excluding hydrogens is 311 g/mol. The third kappa shape index (κ3) is 13.0. The molecule has 3 nitrogen and oxygen atoms in total. The maximum absolute atomic E-state index is 12.1. The Balaban J connectivity index is 3.69. The van der Waals surface area contributed by atoms with Gasteiger partial charge in [-0.25, -0.2) is 0 Å². The number of rotatable bonds is 18.